The molecule has 0 spiro atoms. The molecule has 4 nitrogen and oxygen atoms in total. The summed E-state index contributed by atoms with van der Waals surface area (Å²) >= 11 is 0. The average molecular weight is 191 g/mol. The maximum Gasteiger partial charge on any atom is 0.488 e. The molecule has 2 rings (SSSR count). The molecule has 1 heterocycles. The van der Waals surface area contributed by atoms with Crippen LogP contribution in [0.4, 0.5) is 0 Å². The van der Waals surface area contributed by atoms with Crippen molar-refractivity contribution in [1.29, 1.82) is 0 Å². The zero-order valence-corrected chi connectivity index (χ0v) is 7.18. The van der Waals surface area contributed by atoms with Gasteiger partial charge in [-0.1, -0.05) is 12.1 Å². The molecule has 2 aromatic rings. The fourth-order valence-corrected chi connectivity index (χ4v) is 1.12. The highest BCUT2D eigenvalue weighted by Gasteiger charge is 2.10. The van der Waals surface area contributed by atoms with Crippen molar-refractivity contribution in [1.82, 2.24) is 9.78 Å². The third-order valence-corrected chi connectivity index (χ3v) is 1.78. The van der Waals surface area contributed by atoms with E-state index in [1.807, 2.05) is 0 Å². The van der Waals surface area contributed by atoms with Gasteiger partial charge in [-0.15, -0.1) is 0 Å². The minimum atomic E-state index is -1.61. The van der Waals surface area contributed by atoms with Crippen LogP contribution in [-0.4, -0.2) is 26.9 Å². The van der Waals surface area contributed by atoms with Gasteiger partial charge >= 0.3 is 7.12 Å². The Balaban J connectivity index is 2.53. The summed E-state index contributed by atoms with van der Waals surface area (Å²) in [5, 5.41) is 21.8. The molecule has 0 bridgehead atoms. The topological polar surface area (TPSA) is 58.3 Å². The van der Waals surface area contributed by atoms with E-state index < -0.39 is 7.12 Å². The first kappa shape index (κ1) is 6.00. The first-order valence-corrected chi connectivity index (χ1v) is 4.00. The Morgan fingerprint density at radius 3 is 2.93 bits per heavy atom. The predicted octanol–water partition coefficient (Wildman–Crippen LogP) is -0.448. The number of nitrogens with zero attached hydrogens (tertiary/aromatic N) is 2. The van der Waals surface area contributed by atoms with Crippen molar-refractivity contribution in [2.24, 2.45) is 0 Å². The first-order valence-electron chi connectivity index (χ1n) is 5.50. The van der Waals surface area contributed by atoms with Gasteiger partial charge in [-0.25, -0.2) is 4.68 Å². The summed E-state index contributed by atoms with van der Waals surface area (Å²) in [6.07, 6.45) is -0.496. The fourth-order valence-electron chi connectivity index (χ4n) is 1.12. The van der Waals surface area contributed by atoms with E-state index in [4.69, 9.17) is 14.2 Å². The van der Waals surface area contributed by atoms with Crippen LogP contribution >= 0.6 is 0 Å². The van der Waals surface area contributed by atoms with Gasteiger partial charge in [-0.05, 0) is 23.6 Å². The van der Waals surface area contributed by atoms with Crippen LogP contribution < -0.4 is 5.46 Å². The van der Waals surface area contributed by atoms with Gasteiger partial charge < -0.3 is 10.0 Å². The van der Waals surface area contributed by atoms with Crippen LogP contribution in [0.25, 0.3) is 5.69 Å². The average Bonchev–Trinajstić information content (AvgIpc) is 2.57. The highest BCUT2D eigenvalue weighted by molar-refractivity contribution is 6.58. The highest BCUT2D eigenvalue weighted by Crippen LogP contribution is 2.03. The second-order valence-corrected chi connectivity index (χ2v) is 2.73. The minimum absolute atomic E-state index is 0.209. The molecular formula is C9H9BN2O2. The Kier molecular flexibility index (Phi) is 1.57. The highest BCUT2D eigenvalue weighted by atomic mass is 16.4. The number of aromatic nitrogens is 2. The monoisotopic (exact) mass is 191 g/mol. The van der Waals surface area contributed by atoms with Gasteiger partial charge in [0.2, 0.25) is 0 Å². The summed E-state index contributed by atoms with van der Waals surface area (Å²) in [7, 11) is -1.61. The summed E-state index contributed by atoms with van der Waals surface area (Å²) < 4.78 is 23.4. The molecule has 70 valence electrons. The molecule has 14 heavy (non-hydrogen) atoms. The van der Waals surface area contributed by atoms with Crippen LogP contribution in [0.3, 0.4) is 0 Å². The number of hydrogen-bond acceptors (Lipinski definition) is 3. The Hall–Kier alpha value is -1.59. The van der Waals surface area contributed by atoms with Gasteiger partial charge in [0.05, 0.1) is 9.80 Å². The van der Waals surface area contributed by atoms with Gasteiger partial charge in [-0.3, -0.25) is 0 Å². The number of benzene rings is 1. The van der Waals surface area contributed by atoms with E-state index in [-0.39, 0.29) is 23.9 Å². The summed E-state index contributed by atoms with van der Waals surface area (Å²) in [5.41, 5.74) is 0.670. The smallest absolute Gasteiger partial charge is 0.423 e. The lowest BCUT2D eigenvalue weighted by atomic mass is 9.80. The molecule has 1 aromatic heterocycles. The fraction of sp³-hybridized carbons (Fsp3) is 0. The number of hydrogen-bond donors (Lipinski definition) is 2. The molecule has 0 atom stereocenters. The van der Waals surface area contributed by atoms with E-state index in [0.717, 1.165) is 4.68 Å². The normalized spacial score (nSPS) is 13.1. The van der Waals surface area contributed by atoms with E-state index >= 15 is 0 Å². The molecule has 0 saturated carbocycles. The van der Waals surface area contributed by atoms with Crippen molar-refractivity contribution in [2.45, 2.75) is 0 Å². The lowest BCUT2D eigenvalue weighted by molar-refractivity contribution is 0.426. The molecule has 0 fully saturated rings. The van der Waals surface area contributed by atoms with Crippen LogP contribution in [0.2, 0.25) is 0 Å². The minimum Gasteiger partial charge on any atom is -0.423 e. The third-order valence-electron chi connectivity index (χ3n) is 1.78. The van der Waals surface area contributed by atoms with Crippen LogP contribution in [0.1, 0.15) is 4.11 Å². The Morgan fingerprint density at radius 2 is 2.29 bits per heavy atom. The van der Waals surface area contributed by atoms with Crippen molar-refractivity contribution < 1.29 is 14.2 Å². The van der Waals surface area contributed by atoms with Crippen molar-refractivity contribution in [3.05, 3.63) is 42.7 Å². The molecule has 1 aromatic carbocycles. The Bertz CT molecular complexity index is 559. The summed E-state index contributed by atoms with van der Waals surface area (Å²) in [4.78, 5) is 0. The van der Waals surface area contributed by atoms with Gasteiger partial charge in [0.25, 0.3) is 0 Å². The van der Waals surface area contributed by atoms with Crippen LogP contribution in [0, 0.1) is 0 Å². The second-order valence-electron chi connectivity index (χ2n) is 2.73. The number of rotatable bonds is 2. The standard InChI is InChI=1S/C9H9BN2O2/c13-10(14)8-3-1-4-9(7-8)12-6-2-5-11-12/h1-7,13-14H/i2D,5D,6D. The SMILES string of the molecule is [2H]c1nn(-c2cccc(B(O)O)c2)c([2H])c1[2H]. The zero-order chi connectivity index (χ0) is 12.6. The van der Waals surface area contributed by atoms with Gasteiger partial charge in [0.1, 0.15) is 0 Å². The van der Waals surface area contributed by atoms with Gasteiger partial charge in [0.15, 0.2) is 0 Å². The molecule has 0 amide bonds. The molecule has 5 heteroatoms. The summed E-state index contributed by atoms with van der Waals surface area (Å²) in [5.74, 6) is 0. The molecule has 0 unspecified atom stereocenters. The van der Waals surface area contributed by atoms with E-state index in [2.05, 4.69) is 5.10 Å². The lowest BCUT2D eigenvalue weighted by Gasteiger charge is -2.03. The van der Waals surface area contributed by atoms with E-state index in [1.165, 1.54) is 12.1 Å². The van der Waals surface area contributed by atoms with Crippen molar-refractivity contribution in [3.8, 4) is 5.69 Å². The largest absolute Gasteiger partial charge is 0.488 e. The van der Waals surface area contributed by atoms with Gasteiger partial charge in [-0.2, -0.15) is 5.10 Å². The third kappa shape index (κ3) is 1.68. The molecule has 0 aliphatic heterocycles. The van der Waals surface area contributed by atoms with Crippen molar-refractivity contribution in [2.75, 3.05) is 0 Å². The van der Waals surface area contributed by atoms with E-state index in [9.17, 15) is 0 Å². The van der Waals surface area contributed by atoms with Crippen LogP contribution in [-0.2, 0) is 0 Å². The summed E-state index contributed by atoms with van der Waals surface area (Å²) in [6, 6.07) is 5.88. The molecule has 0 aliphatic rings. The molecular weight excluding hydrogens is 179 g/mol. The van der Waals surface area contributed by atoms with Crippen LogP contribution in [0.15, 0.2) is 42.7 Å². The van der Waals surface area contributed by atoms with Gasteiger partial charge in [0, 0.05) is 12.3 Å². The lowest BCUT2D eigenvalue weighted by Crippen LogP contribution is -2.29. The zero-order valence-electron chi connectivity index (χ0n) is 10.2. The maximum absolute atomic E-state index is 9.03. The Labute approximate surface area is 85.8 Å². The molecule has 2 N–H and O–H groups in total. The van der Waals surface area contributed by atoms with E-state index in [1.54, 1.807) is 12.1 Å². The van der Waals surface area contributed by atoms with Crippen LogP contribution in [0.5, 0.6) is 0 Å². The van der Waals surface area contributed by atoms with Crippen molar-refractivity contribution >= 4 is 12.6 Å². The molecule has 0 radical (unpaired) electrons. The van der Waals surface area contributed by atoms with Crippen molar-refractivity contribution in [3.63, 3.8) is 0 Å². The Morgan fingerprint density at radius 1 is 1.43 bits per heavy atom. The van der Waals surface area contributed by atoms with E-state index in [0.29, 0.717) is 5.69 Å². The second kappa shape index (κ2) is 3.65. The first-order chi connectivity index (χ1) is 8.00. The molecule has 0 saturated heterocycles. The quantitative estimate of drug-likeness (QED) is 0.632. The summed E-state index contributed by atoms with van der Waals surface area (Å²) in [6.45, 7) is 0. The predicted molar refractivity (Wildman–Crippen MR) is 53.4 cm³/mol. The molecule has 0 aliphatic carbocycles. The maximum atomic E-state index is 9.03.